The highest BCUT2D eigenvalue weighted by atomic mass is 16.5. The van der Waals surface area contributed by atoms with Crippen molar-refractivity contribution in [3.63, 3.8) is 0 Å². The maximum Gasteiger partial charge on any atom is 0.223 e. The molecule has 5 heteroatoms. The molecule has 2 aromatic rings. The molecule has 0 radical (unpaired) electrons. The Hall–Kier alpha value is -2.82. The quantitative estimate of drug-likeness (QED) is 0.665. The van der Waals surface area contributed by atoms with E-state index in [1.54, 1.807) is 0 Å². The molecule has 5 nitrogen and oxygen atoms in total. The highest BCUT2D eigenvalue weighted by Crippen LogP contribution is 2.39. The van der Waals surface area contributed by atoms with E-state index in [0.29, 0.717) is 38.1 Å². The number of para-hydroxylation sites is 1. The van der Waals surface area contributed by atoms with Gasteiger partial charge in [-0.1, -0.05) is 47.6 Å². The molecule has 2 aromatic carbocycles. The average Bonchev–Trinajstić information content (AvgIpc) is 2.82. The second-order valence-corrected chi connectivity index (χ2v) is 7.06. The van der Waals surface area contributed by atoms with E-state index in [0.717, 1.165) is 23.3 Å². The van der Waals surface area contributed by atoms with Gasteiger partial charge in [0, 0.05) is 37.9 Å². The van der Waals surface area contributed by atoms with Crippen molar-refractivity contribution in [1.82, 2.24) is 4.90 Å². The molecule has 2 aliphatic rings. The fourth-order valence-corrected chi connectivity index (χ4v) is 3.88. The summed E-state index contributed by atoms with van der Waals surface area (Å²) in [4.78, 5) is 14.5. The molecule has 0 bridgehead atoms. The van der Waals surface area contributed by atoms with Gasteiger partial charge in [0.15, 0.2) is 0 Å². The minimum absolute atomic E-state index is 0.149. The Kier molecular flexibility index (Phi) is 4.37. The number of rotatable bonds is 2. The van der Waals surface area contributed by atoms with Crippen LogP contribution in [0.3, 0.4) is 0 Å². The van der Waals surface area contributed by atoms with Gasteiger partial charge < -0.3 is 14.8 Å². The Morgan fingerprint density at radius 3 is 2.65 bits per heavy atom. The van der Waals surface area contributed by atoms with Crippen molar-refractivity contribution in [2.75, 3.05) is 6.54 Å². The van der Waals surface area contributed by atoms with Gasteiger partial charge in [0.1, 0.15) is 11.4 Å². The zero-order chi connectivity index (χ0) is 18.0. The molecule has 0 saturated carbocycles. The number of carbonyl (C=O) groups is 1. The fraction of sp³-hybridized carbons (Fsp3) is 0.333. The fourth-order valence-electron chi connectivity index (χ4n) is 3.88. The molecule has 0 aliphatic carbocycles. The first-order valence-electron chi connectivity index (χ1n) is 9.00. The lowest BCUT2D eigenvalue weighted by molar-refractivity contribution is -0.131. The number of benzene rings is 2. The van der Waals surface area contributed by atoms with Crippen LogP contribution in [0.4, 0.5) is 0 Å². The van der Waals surface area contributed by atoms with Crippen LogP contribution in [0, 0.1) is 0 Å². The summed E-state index contributed by atoms with van der Waals surface area (Å²) in [5, 5.41) is 13.0. The summed E-state index contributed by atoms with van der Waals surface area (Å²) in [6.45, 7) is 1.25. The molecule has 1 atom stereocenters. The lowest BCUT2D eigenvalue weighted by Crippen LogP contribution is -2.43. The first kappa shape index (κ1) is 16.6. The van der Waals surface area contributed by atoms with Crippen molar-refractivity contribution in [3.05, 3.63) is 65.7 Å². The predicted molar refractivity (Wildman–Crippen MR) is 98.5 cm³/mol. The molecule has 1 unspecified atom stereocenters. The third kappa shape index (κ3) is 3.17. The SMILES string of the molecule is O=C1CCC2(CCN1Cc1ccccc1)CC(=NO)c1ccccc1O2. The number of ether oxygens (including phenoxy) is 1. The van der Waals surface area contributed by atoms with Crippen LogP contribution in [0.1, 0.15) is 36.8 Å². The summed E-state index contributed by atoms with van der Waals surface area (Å²) in [5.74, 6) is 0.881. The zero-order valence-electron chi connectivity index (χ0n) is 14.6. The van der Waals surface area contributed by atoms with Gasteiger partial charge in [0.25, 0.3) is 0 Å². The molecule has 26 heavy (non-hydrogen) atoms. The van der Waals surface area contributed by atoms with Crippen molar-refractivity contribution < 1.29 is 14.7 Å². The number of fused-ring (bicyclic) bond motifs is 1. The number of hydrogen-bond donors (Lipinski definition) is 1. The molecule has 134 valence electrons. The summed E-state index contributed by atoms with van der Waals surface area (Å²) >= 11 is 0. The van der Waals surface area contributed by atoms with E-state index in [4.69, 9.17) is 4.74 Å². The van der Waals surface area contributed by atoms with Gasteiger partial charge in [-0.2, -0.15) is 0 Å². The number of oxime groups is 1. The lowest BCUT2D eigenvalue weighted by atomic mass is 9.84. The number of amides is 1. The van der Waals surface area contributed by atoms with Gasteiger partial charge >= 0.3 is 0 Å². The van der Waals surface area contributed by atoms with Crippen LogP contribution in [-0.2, 0) is 11.3 Å². The number of likely N-dealkylation sites (tertiary alicyclic amines) is 1. The standard InChI is InChI=1S/C21H22N2O3/c24-20-10-11-21(12-13-23(20)15-16-6-2-1-3-7-16)14-18(22-25)17-8-4-5-9-19(17)26-21/h1-9,25H,10-15H2. The molecule has 1 spiro atoms. The van der Waals surface area contributed by atoms with Gasteiger partial charge in [-0.05, 0) is 24.1 Å². The van der Waals surface area contributed by atoms with E-state index >= 15 is 0 Å². The van der Waals surface area contributed by atoms with Crippen molar-refractivity contribution in [2.24, 2.45) is 5.16 Å². The van der Waals surface area contributed by atoms with Crippen LogP contribution in [0.2, 0.25) is 0 Å². The number of hydrogen-bond acceptors (Lipinski definition) is 4. The van der Waals surface area contributed by atoms with Gasteiger partial charge in [0.2, 0.25) is 5.91 Å². The topological polar surface area (TPSA) is 62.1 Å². The second kappa shape index (κ2) is 6.83. The van der Waals surface area contributed by atoms with E-state index in [-0.39, 0.29) is 5.91 Å². The Balaban J connectivity index is 1.55. The highest BCUT2D eigenvalue weighted by molar-refractivity contribution is 6.04. The van der Waals surface area contributed by atoms with E-state index in [2.05, 4.69) is 5.16 Å². The van der Waals surface area contributed by atoms with Crippen LogP contribution in [0.25, 0.3) is 0 Å². The monoisotopic (exact) mass is 350 g/mol. The Labute approximate surface area is 152 Å². The third-order valence-corrected chi connectivity index (χ3v) is 5.34. The van der Waals surface area contributed by atoms with Crippen molar-refractivity contribution in [3.8, 4) is 5.75 Å². The zero-order valence-corrected chi connectivity index (χ0v) is 14.6. The molecular weight excluding hydrogens is 328 g/mol. The first-order chi connectivity index (χ1) is 12.7. The summed E-state index contributed by atoms with van der Waals surface area (Å²) < 4.78 is 6.35. The molecule has 4 rings (SSSR count). The summed E-state index contributed by atoms with van der Waals surface area (Å²) in [5.41, 5.74) is 2.11. The molecule has 1 fully saturated rings. The number of carbonyl (C=O) groups excluding carboxylic acids is 1. The Morgan fingerprint density at radius 2 is 1.85 bits per heavy atom. The maximum atomic E-state index is 12.6. The minimum Gasteiger partial charge on any atom is -0.486 e. The highest BCUT2D eigenvalue weighted by Gasteiger charge is 2.42. The van der Waals surface area contributed by atoms with Gasteiger partial charge in [0.05, 0.1) is 5.71 Å². The second-order valence-electron chi connectivity index (χ2n) is 7.06. The van der Waals surface area contributed by atoms with Gasteiger partial charge in [-0.15, -0.1) is 0 Å². The molecular formula is C21H22N2O3. The summed E-state index contributed by atoms with van der Waals surface area (Å²) in [6, 6.07) is 17.7. The van der Waals surface area contributed by atoms with Crippen molar-refractivity contribution in [2.45, 2.75) is 37.8 Å². The van der Waals surface area contributed by atoms with Crippen molar-refractivity contribution in [1.29, 1.82) is 0 Å². The summed E-state index contributed by atoms with van der Waals surface area (Å²) in [6.07, 6.45) is 2.31. The van der Waals surface area contributed by atoms with E-state index in [1.807, 2.05) is 59.5 Å². The average molecular weight is 350 g/mol. The van der Waals surface area contributed by atoms with Crippen LogP contribution in [0.15, 0.2) is 59.8 Å². The minimum atomic E-state index is -0.489. The van der Waals surface area contributed by atoms with Crippen LogP contribution < -0.4 is 4.74 Å². The van der Waals surface area contributed by atoms with Crippen LogP contribution >= 0.6 is 0 Å². The normalized spacial score (nSPS) is 24.2. The Morgan fingerprint density at radius 1 is 1.08 bits per heavy atom. The smallest absolute Gasteiger partial charge is 0.223 e. The van der Waals surface area contributed by atoms with E-state index < -0.39 is 5.60 Å². The molecule has 1 saturated heterocycles. The van der Waals surface area contributed by atoms with E-state index in [1.165, 1.54) is 0 Å². The Bertz CT molecular complexity index is 834. The molecule has 2 aliphatic heterocycles. The molecule has 2 heterocycles. The molecule has 0 aromatic heterocycles. The molecule has 1 amide bonds. The third-order valence-electron chi connectivity index (χ3n) is 5.34. The summed E-state index contributed by atoms with van der Waals surface area (Å²) in [7, 11) is 0. The van der Waals surface area contributed by atoms with Gasteiger partial charge in [-0.25, -0.2) is 0 Å². The first-order valence-corrected chi connectivity index (χ1v) is 9.00. The van der Waals surface area contributed by atoms with Gasteiger partial charge in [-0.3, -0.25) is 4.79 Å². The molecule has 1 N–H and O–H groups in total. The number of nitrogens with zero attached hydrogens (tertiary/aromatic N) is 2. The lowest BCUT2D eigenvalue weighted by Gasteiger charge is -2.38. The largest absolute Gasteiger partial charge is 0.486 e. The van der Waals surface area contributed by atoms with Crippen molar-refractivity contribution >= 4 is 11.6 Å². The predicted octanol–water partition coefficient (Wildman–Crippen LogP) is 3.60. The van der Waals surface area contributed by atoms with E-state index in [9.17, 15) is 10.0 Å². The maximum absolute atomic E-state index is 12.6. The van der Waals surface area contributed by atoms with Crippen LogP contribution in [0.5, 0.6) is 5.75 Å². The van der Waals surface area contributed by atoms with Crippen LogP contribution in [-0.4, -0.2) is 33.9 Å².